The normalized spacial score (nSPS) is 16.0. The highest BCUT2D eigenvalue weighted by atomic mass is 32.2. The van der Waals surface area contributed by atoms with Crippen LogP contribution in [-0.4, -0.2) is 43.9 Å². The fourth-order valence-corrected chi connectivity index (χ4v) is 3.44. The fourth-order valence-electron chi connectivity index (χ4n) is 2.52. The number of rotatable bonds is 4. The van der Waals surface area contributed by atoms with Crippen LogP contribution < -0.4 is 0 Å². The largest absolute Gasteiger partial charge is 0.342 e. The van der Waals surface area contributed by atoms with Crippen molar-refractivity contribution in [2.24, 2.45) is 0 Å². The number of para-hydroxylation sites is 1. The summed E-state index contributed by atoms with van der Waals surface area (Å²) in [5.74, 6) is -0.242. The Balaban J connectivity index is 1.78. The second kappa shape index (κ2) is 6.48. The Morgan fingerprint density at radius 1 is 1.32 bits per heavy atom. The van der Waals surface area contributed by atoms with Gasteiger partial charge in [0.05, 0.1) is 10.9 Å². The summed E-state index contributed by atoms with van der Waals surface area (Å²) in [6.07, 6.45) is 3.59. The number of nitrogens with zero attached hydrogens (tertiary/aromatic N) is 4. The zero-order chi connectivity index (χ0) is 15.5. The highest BCUT2D eigenvalue weighted by Crippen LogP contribution is 2.26. The van der Waals surface area contributed by atoms with E-state index in [1.165, 1.54) is 24.2 Å². The average molecular weight is 320 g/mol. The molecule has 1 atom stereocenters. The number of likely N-dealkylation sites (tertiary alicyclic amines) is 1. The maximum Gasteiger partial charge on any atom is 0.235 e. The van der Waals surface area contributed by atoms with Gasteiger partial charge >= 0.3 is 0 Å². The lowest BCUT2D eigenvalue weighted by atomic mass is 10.3. The van der Waals surface area contributed by atoms with E-state index in [1.807, 2.05) is 11.8 Å². The maximum atomic E-state index is 13.9. The zero-order valence-corrected chi connectivity index (χ0v) is 13.1. The Morgan fingerprint density at radius 2 is 2.05 bits per heavy atom. The van der Waals surface area contributed by atoms with Crippen molar-refractivity contribution in [3.8, 4) is 5.69 Å². The van der Waals surface area contributed by atoms with Gasteiger partial charge in [-0.05, 0) is 31.9 Å². The molecule has 1 aromatic carbocycles. The molecule has 7 heteroatoms. The number of thioether (sulfide) groups is 1. The number of amides is 1. The highest BCUT2D eigenvalue weighted by molar-refractivity contribution is 8.00. The quantitative estimate of drug-likeness (QED) is 0.812. The van der Waals surface area contributed by atoms with Crippen molar-refractivity contribution in [2.45, 2.75) is 30.2 Å². The molecular weight excluding hydrogens is 303 g/mol. The van der Waals surface area contributed by atoms with Crippen LogP contribution in [-0.2, 0) is 4.79 Å². The Labute approximate surface area is 132 Å². The number of halogens is 1. The Bertz CT molecular complexity index is 669. The molecule has 116 valence electrons. The van der Waals surface area contributed by atoms with Crippen molar-refractivity contribution >= 4 is 17.7 Å². The van der Waals surface area contributed by atoms with Gasteiger partial charge in [0, 0.05) is 13.1 Å². The molecule has 2 aromatic rings. The van der Waals surface area contributed by atoms with E-state index in [1.54, 1.807) is 22.8 Å². The minimum Gasteiger partial charge on any atom is -0.342 e. The predicted octanol–water partition coefficient (Wildman–Crippen LogP) is 2.51. The lowest BCUT2D eigenvalue weighted by Gasteiger charge is -2.19. The Kier molecular flexibility index (Phi) is 4.42. The van der Waals surface area contributed by atoms with Crippen molar-refractivity contribution in [3.63, 3.8) is 0 Å². The first-order valence-electron chi connectivity index (χ1n) is 7.27. The molecule has 1 amide bonds. The van der Waals surface area contributed by atoms with Gasteiger partial charge in [-0.2, -0.15) is 0 Å². The smallest absolute Gasteiger partial charge is 0.235 e. The molecule has 1 fully saturated rings. The first-order chi connectivity index (χ1) is 10.7. The van der Waals surface area contributed by atoms with E-state index in [0.29, 0.717) is 10.8 Å². The third-order valence-electron chi connectivity index (χ3n) is 3.68. The predicted molar refractivity (Wildman–Crippen MR) is 82.5 cm³/mol. The van der Waals surface area contributed by atoms with Crippen molar-refractivity contribution in [3.05, 3.63) is 36.4 Å². The molecule has 1 saturated heterocycles. The summed E-state index contributed by atoms with van der Waals surface area (Å²) >= 11 is 1.31. The topological polar surface area (TPSA) is 51.0 Å². The molecule has 0 N–H and O–H groups in total. The molecule has 0 spiro atoms. The summed E-state index contributed by atoms with van der Waals surface area (Å²) in [7, 11) is 0. The van der Waals surface area contributed by atoms with Crippen LogP contribution in [0.4, 0.5) is 4.39 Å². The van der Waals surface area contributed by atoms with Crippen LogP contribution in [0.3, 0.4) is 0 Å². The highest BCUT2D eigenvalue weighted by Gasteiger charge is 2.25. The van der Waals surface area contributed by atoms with Crippen molar-refractivity contribution in [2.75, 3.05) is 13.1 Å². The van der Waals surface area contributed by atoms with E-state index in [9.17, 15) is 9.18 Å². The second-order valence-electron chi connectivity index (χ2n) is 5.23. The van der Waals surface area contributed by atoms with Crippen LogP contribution in [0.1, 0.15) is 19.8 Å². The molecule has 0 radical (unpaired) electrons. The maximum absolute atomic E-state index is 13.9. The van der Waals surface area contributed by atoms with Gasteiger partial charge in [0.1, 0.15) is 12.1 Å². The van der Waals surface area contributed by atoms with Crippen LogP contribution in [0.5, 0.6) is 0 Å². The SMILES string of the molecule is C[C@@H](Sc1nncn1-c1ccccc1F)C(=O)N1CCCC1. The van der Waals surface area contributed by atoms with Crippen LogP contribution in [0.2, 0.25) is 0 Å². The van der Waals surface area contributed by atoms with Gasteiger partial charge in [0.25, 0.3) is 0 Å². The number of hydrogen-bond acceptors (Lipinski definition) is 4. The van der Waals surface area contributed by atoms with Crippen molar-refractivity contribution in [1.29, 1.82) is 0 Å². The standard InChI is InChI=1S/C15H17FN4OS/c1-11(14(21)19-8-4-5-9-19)22-15-18-17-10-20(15)13-7-3-2-6-12(13)16/h2-3,6-7,10-11H,4-5,8-9H2,1H3/t11-/m1/s1. The Hall–Kier alpha value is -1.89. The van der Waals surface area contributed by atoms with E-state index in [4.69, 9.17) is 0 Å². The molecule has 0 saturated carbocycles. The number of hydrogen-bond donors (Lipinski definition) is 0. The summed E-state index contributed by atoms with van der Waals surface area (Å²) < 4.78 is 15.5. The number of carbonyl (C=O) groups excluding carboxylic acids is 1. The first-order valence-corrected chi connectivity index (χ1v) is 8.15. The summed E-state index contributed by atoms with van der Waals surface area (Å²) in [5, 5.41) is 8.12. The van der Waals surface area contributed by atoms with Crippen LogP contribution in [0, 0.1) is 5.82 Å². The number of benzene rings is 1. The third kappa shape index (κ3) is 2.99. The van der Waals surface area contributed by atoms with Gasteiger partial charge in [-0.15, -0.1) is 10.2 Å². The van der Waals surface area contributed by atoms with Crippen LogP contribution in [0.15, 0.2) is 35.7 Å². The molecule has 0 unspecified atom stereocenters. The molecule has 2 heterocycles. The molecule has 0 aliphatic carbocycles. The molecule has 1 aliphatic rings. The van der Waals surface area contributed by atoms with E-state index in [-0.39, 0.29) is 17.0 Å². The molecule has 1 aliphatic heterocycles. The van der Waals surface area contributed by atoms with Gasteiger partial charge in [-0.1, -0.05) is 23.9 Å². The second-order valence-corrected chi connectivity index (χ2v) is 6.54. The van der Waals surface area contributed by atoms with Crippen molar-refractivity contribution in [1.82, 2.24) is 19.7 Å². The van der Waals surface area contributed by atoms with Crippen molar-refractivity contribution < 1.29 is 9.18 Å². The van der Waals surface area contributed by atoms with Gasteiger partial charge in [0.2, 0.25) is 5.91 Å². The van der Waals surface area contributed by atoms with Gasteiger partial charge in [0.15, 0.2) is 5.16 Å². The molecule has 1 aromatic heterocycles. The summed E-state index contributed by atoms with van der Waals surface area (Å²) in [6, 6.07) is 6.44. The van der Waals surface area contributed by atoms with E-state index in [0.717, 1.165) is 25.9 Å². The van der Waals surface area contributed by atoms with E-state index in [2.05, 4.69) is 10.2 Å². The number of carbonyl (C=O) groups is 1. The van der Waals surface area contributed by atoms with E-state index < -0.39 is 0 Å². The van der Waals surface area contributed by atoms with Gasteiger partial charge in [-0.3, -0.25) is 9.36 Å². The van der Waals surface area contributed by atoms with Gasteiger partial charge in [-0.25, -0.2) is 4.39 Å². The molecule has 22 heavy (non-hydrogen) atoms. The summed E-state index contributed by atoms with van der Waals surface area (Å²) in [6.45, 7) is 3.50. The monoisotopic (exact) mass is 320 g/mol. The zero-order valence-electron chi connectivity index (χ0n) is 12.3. The summed E-state index contributed by atoms with van der Waals surface area (Å²) in [4.78, 5) is 14.2. The average Bonchev–Trinajstić information content (AvgIpc) is 3.18. The fraction of sp³-hybridized carbons (Fsp3) is 0.400. The molecule has 3 rings (SSSR count). The van der Waals surface area contributed by atoms with Crippen LogP contribution >= 0.6 is 11.8 Å². The third-order valence-corrected chi connectivity index (χ3v) is 4.72. The van der Waals surface area contributed by atoms with Gasteiger partial charge < -0.3 is 4.90 Å². The number of aromatic nitrogens is 3. The molecule has 0 bridgehead atoms. The molecule has 5 nitrogen and oxygen atoms in total. The first kappa shape index (κ1) is 15.0. The van der Waals surface area contributed by atoms with Crippen LogP contribution in [0.25, 0.3) is 5.69 Å². The molecular formula is C15H17FN4OS. The lowest BCUT2D eigenvalue weighted by molar-refractivity contribution is -0.129. The lowest BCUT2D eigenvalue weighted by Crippen LogP contribution is -2.34. The minimum absolute atomic E-state index is 0.102. The summed E-state index contributed by atoms with van der Waals surface area (Å²) in [5.41, 5.74) is 0.385. The minimum atomic E-state index is -0.345. The Morgan fingerprint density at radius 3 is 2.77 bits per heavy atom. The van der Waals surface area contributed by atoms with E-state index >= 15 is 0 Å².